The Kier molecular flexibility index (Phi) is 4.93. The van der Waals surface area contributed by atoms with Gasteiger partial charge in [-0.15, -0.1) is 0 Å². The predicted octanol–water partition coefficient (Wildman–Crippen LogP) is 3.29. The van der Waals surface area contributed by atoms with Crippen LogP contribution in [0.15, 0.2) is 41.1 Å². The molecule has 2 N–H and O–H groups in total. The van der Waals surface area contributed by atoms with Gasteiger partial charge in [-0.05, 0) is 52.9 Å². The lowest BCUT2D eigenvalue weighted by atomic mass is 10.1. The van der Waals surface area contributed by atoms with Gasteiger partial charge in [-0.3, -0.25) is 0 Å². The molecule has 1 aromatic carbocycles. The molecule has 6 heteroatoms. The summed E-state index contributed by atoms with van der Waals surface area (Å²) in [5.74, 6) is -0.339. The molecule has 2 amide bonds. The number of carbonyl (C=O) groups is 1. The van der Waals surface area contributed by atoms with E-state index in [9.17, 15) is 14.3 Å². The van der Waals surface area contributed by atoms with Crippen LogP contribution in [0.1, 0.15) is 30.1 Å². The normalized spacial score (nSPS) is 15.2. The second kappa shape index (κ2) is 7.10. The zero-order valence-corrected chi connectivity index (χ0v) is 13.4. The molecule has 1 aliphatic rings. The quantitative estimate of drug-likeness (QED) is 0.852. The molecule has 1 aliphatic carbocycles. The number of urea groups is 1. The highest BCUT2D eigenvalue weighted by Crippen LogP contribution is 2.29. The zero-order chi connectivity index (χ0) is 16.2. The second-order valence-electron chi connectivity index (χ2n) is 5.74. The number of nitrogens with zero attached hydrogens (tertiary/aromatic N) is 1. The second-order valence-corrected chi connectivity index (χ2v) is 6.52. The van der Waals surface area contributed by atoms with Crippen LogP contribution in [0.3, 0.4) is 0 Å². The van der Waals surface area contributed by atoms with Crippen molar-refractivity contribution in [2.24, 2.45) is 0 Å². The molecule has 0 bridgehead atoms. The molecule has 0 spiro atoms. The number of amides is 2. The first-order chi connectivity index (χ1) is 11.1. The lowest BCUT2D eigenvalue weighted by Gasteiger charge is -2.25. The van der Waals surface area contributed by atoms with Crippen LogP contribution in [-0.4, -0.2) is 28.6 Å². The summed E-state index contributed by atoms with van der Waals surface area (Å²) in [7, 11) is 0. The van der Waals surface area contributed by atoms with Gasteiger partial charge in [0.1, 0.15) is 5.82 Å². The van der Waals surface area contributed by atoms with Crippen LogP contribution in [0.2, 0.25) is 0 Å². The Morgan fingerprint density at radius 2 is 2.09 bits per heavy atom. The number of nitrogens with one attached hydrogen (secondary N) is 1. The predicted molar refractivity (Wildman–Crippen MR) is 87.6 cm³/mol. The fraction of sp³-hybridized carbons (Fsp3) is 0.353. The van der Waals surface area contributed by atoms with Crippen LogP contribution in [0, 0.1) is 5.82 Å². The molecule has 1 aromatic heterocycles. The average molecular weight is 334 g/mol. The Balaban J connectivity index is 1.59. The number of hydrogen-bond donors (Lipinski definition) is 2. The van der Waals surface area contributed by atoms with Crippen molar-refractivity contribution in [3.05, 3.63) is 58.0 Å². The highest BCUT2D eigenvalue weighted by molar-refractivity contribution is 7.07. The molecule has 0 radical (unpaired) electrons. The van der Waals surface area contributed by atoms with Crippen molar-refractivity contribution < 1.29 is 14.3 Å². The molecule has 1 saturated carbocycles. The van der Waals surface area contributed by atoms with Crippen LogP contribution in [0.5, 0.6) is 0 Å². The molecule has 1 atom stereocenters. The van der Waals surface area contributed by atoms with Gasteiger partial charge in [0.2, 0.25) is 0 Å². The van der Waals surface area contributed by atoms with E-state index in [1.165, 1.54) is 12.1 Å². The first-order valence-electron chi connectivity index (χ1n) is 7.62. The molecule has 0 aliphatic heterocycles. The fourth-order valence-electron chi connectivity index (χ4n) is 2.43. The van der Waals surface area contributed by atoms with Gasteiger partial charge in [0.05, 0.1) is 12.6 Å². The van der Waals surface area contributed by atoms with Gasteiger partial charge in [0.15, 0.2) is 0 Å². The Morgan fingerprint density at radius 3 is 2.70 bits per heavy atom. The minimum atomic E-state index is -0.817. The van der Waals surface area contributed by atoms with E-state index >= 15 is 0 Å². The first-order valence-corrected chi connectivity index (χ1v) is 8.57. The molecule has 122 valence electrons. The summed E-state index contributed by atoms with van der Waals surface area (Å²) < 4.78 is 13.0. The van der Waals surface area contributed by atoms with Crippen molar-refractivity contribution in [3.63, 3.8) is 0 Å². The third-order valence-corrected chi connectivity index (χ3v) is 4.63. The molecular formula is C17H19FN2O2S. The van der Waals surface area contributed by atoms with Crippen molar-refractivity contribution in [2.45, 2.75) is 31.5 Å². The number of rotatable bonds is 6. The highest BCUT2D eigenvalue weighted by Gasteiger charge is 2.33. The minimum absolute atomic E-state index is 0.167. The van der Waals surface area contributed by atoms with Crippen LogP contribution < -0.4 is 5.32 Å². The van der Waals surface area contributed by atoms with Gasteiger partial charge in [-0.1, -0.05) is 12.1 Å². The lowest BCUT2D eigenvalue weighted by Crippen LogP contribution is -2.43. The summed E-state index contributed by atoms with van der Waals surface area (Å²) >= 11 is 1.59. The van der Waals surface area contributed by atoms with Crippen LogP contribution in [0.4, 0.5) is 9.18 Å². The number of benzene rings is 1. The fourth-order valence-corrected chi connectivity index (χ4v) is 3.10. The van der Waals surface area contributed by atoms with E-state index < -0.39 is 6.10 Å². The van der Waals surface area contributed by atoms with Crippen LogP contribution >= 0.6 is 11.3 Å². The largest absolute Gasteiger partial charge is 0.387 e. The van der Waals surface area contributed by atoms with Crippen molar-refractivity contribution in [1.29, 1.82) is 0 Å². The maximum Gasteiger partial charge on any atom is 0.318 e. The summed E-state index contributed by atoms with van der Waals surface area (Å²) in [5.41, 5.74) is 1.68. The maximum atomic E-state index is 13.0. The van der Waals surface area contributed by atoms with Crippen molar-refractivity contribution in [1.82, 2.24) is 10.2 Å². The molecule has 1 heterocycles. The van der Waals surface area contributed by atoms with Gasteiger partial charge in [0.25, 0.3) is 0 Å². The number of carbonyl (C=O) groups excluding carboxylic acids is 1. The van der Waals surface area contributed by atoms with Gasteiger partial charge < -0.3 is 15.3 Å². The molecule has 2 aromatic rings. The number of hydrogen-bond acceptors (Lipinski definition) is 3. The Hall–Kier alpha value is -1.92. The summed E-state index contributed by atoms with van der Waals surface area (Å²) in [5, 5.41) is 17.2. The number of aliphatic hydroxyl groups excluding tert-OH is 1. The number of aliphatic hydroxyl groups is 1. The average Bonchev–Trinajstić information content (AvgIpc) is 3.26. The summed E-state index contributed by atoms with van der Waals surface area (Å²) in [4.78, 5) is 14.1. The maximum absolute atomic E-state index is 13.0. The molecule has 0 unspecified atom stereocenters. The van der Waals surface area contributed by atoms with E-state index in [1.54, 1.807) is 28.4 Å². The topological polar surface area (TPSA) is 52.6 Å². The van der Waals surface area contributed by atoms with E-state index in [0.717, 1.165) is 18.4 Å². The summed E-state index contributed by atoms with van der Waals surface area (Å²) in [6, 6.07) is 7.72. The third-order valence-electron chi connectivity index (χ3n) is 3.90. The van der Waals surface area contributed by atoms with E-state index in [-0.39, 0.29) is 24.4 Å². The van der Waals surface area contributed by atoms with Gasteiger partial charge in [0, 0.05) is 12.6 Å². The molecule has 3 rings (SSSR count). The van der Waals surface area contributed by atoms with Gasteiger partial charge in [-0.25, -0.2) is 9.18 Å². The van der Waals surface area contributed by atoms with Crippen LogP contribution in [-0.2, 0) is 6.54 Å². The smallest absolute Gasteiger partial charge is 0.318 e. The van der Waals surface area contributed by atoms with E-state index in [2.05, 4.69) is 5.32 Å². The Labute approximate surface area is 138 Å². The molecule has 4 nitrogen and oxygen atoms in total. The monoisotopic (exact) mass is 334 g/mol. The Morgan fingerprint density at radius 1 is 1.35 bits per heavy atom. The number of halogens is 1. The van der Waals surface area contributed by atoms with Crippen LogP contribution in [0.25, 0.3) is 0 Å². The molecular weight excluding hydrogens is 315 g/mol. The minimum Gasteiger partial charge on any atom is -0.387 e. The van der Waals surface area contributed by atoms with E-state index in [0.29, 0.717) is 12.1 Å². The van der Waals surface area contributed by atoms with Crippen molar-refractivity contribution in [2.75, 3.05) is 6.54 Å². The SMILES string of the molecule is O=C(NCc1ccsc1)N(C[C@H](O)c1ccc(F)cc1)C1CC1. The van der Waals surface area contributed by atoms with E-state index in [1.807, 2.05) is 16.8 Å². The van der Waals surface area contributed by atoms with E-state index in [4.69, 9.17) is 0 Å². The summed E-state index contributed by atoms with van der Waals surface area (Å²) in [6.07, 6.45) is 1.10. The lowest BCUT2D eigenvalue weighted by molar-refractivity contribution is 0.117. The Bertz CT molecular complexity index is 641. The third kappa shape index (κ3) is 4.30. The van der Waals surface area contributed by atoms with Crippen molar-refractivity contribution in [3.8, 4) is 0 Å². The molecule has 23 heavy (non-hydrogen) atoms. The standard InChI is InChI=1S/C17H19FN2O2S/c18-14-3-1-13(2-4-14)16(21)10-20(15-5-6-15)17(22)19-9-12-7-8-23-11-12/h1-4,7-8,11,15-16,21H,5-6,9-10H2,(H,19,22)/t16-/m0/s1. The summed E-state index contributed by atoms with van der Waals surface area (Å²) in [6.45, 7) is 0.698. The zero-order valence-electron chi connectivity index (χ0n) is 12.6. The highest BCUT2D eigenvalue weighted by atomic mass is 32.1. The molecule has 0 saturated heterocycles. The van der Waals surface area contributed by atoms with Gasteiger partial charge in [-0.2, -0.15) is 11.3 Å². The van der Waals surface area contributed by atoms with Crippen molar-refractivity contribution >= 4 is 17.4 Å². The first kappa shape index (κ1) is 16.0. The molecule has 1 fully saturated rings. The van der Waals surface area contributed by atoms with Gasteiger partial charge >= 0.3 is 6.03 Å². The number of thiophene rings is 1.